The minimum atomic E-state index is -0.961. The largest absolute Gasteiger partial charge is 0.340 e. The van der Waals surface area contributed by atoms with Gasteiger partial charge < -0.3 is 10.2 Å². The lowest BCUT2D eigenvalue weighted by molar-refractivity contribution is -0.153. The first kappa shape index (κ1) is 14.2. The zero-order chi connectivity index (χ0) is 13.2. The normalized spacial score (nSPS) is 31.3. The van der Waals surface area contributed by atoms with Crippen LogP contribution in [0.1, 0.15) is 27.2 Å². The van der Waals surface area contributed by atoms with Crippen LogP contribution in [0.15, 0.2) is 0 Å². The third-order valence-corrected chi connectivity index (χ3v) is 4.06. The molecule has 5 nitrogen and oxygen atoms in total. The molecule has 98 valence electrons. The summed E-state index contributed by atoms with van der Waals surface area (Å²) >= 11 is 0. The molecule has 1 saturated heterocycles. The van der Waals surface area contributed by atoms with E-state index in [4.69, 9.17) is 0 Å². The summed E-state index contributed by atoms with van der Waals surface area (Å²) in [4.78, 5) is 25.6. The van der Waals surface area contributed by atoms with Crippen molar-refractivity contribution in [2.24, 2.45) is 0 Å². The van der Waals surface area contributed by atoms with Crippen molar-refractivity contribution >= 4 is 22.6 Å². The van der Waals surface area contributed by atoms with Crippen molar-refractivity contribution in [2.75, 3.05) is 18.6 Å². The minimum absolute atomic E-state index is 0.0856. The fourth-order valence-corrected chi connectivity index (χ4v) is 2.28. The number of piperazine rings is 1. The van der Waals surface area contributed by atoms with E-state index in [1.54, 1.807) is 20.1 Å². The van der Waals surface area contributed by atoms with Crippen LogP contribution in [0.3, 0.4) is 0 Å². The van der Waals surface area contributed by atoms with E-state index in [0.29, 0.717) is 18.7 Å². The molecule has 6 heteroatoms. The molecule has 0 radical (unpaired) electrons. The highest BCUT2D eigenvalue weighted by atomic mass is 32.2. The van der Waals surface area contributed by atoms with Crippen molar-refractivity contribution in [1.29, 1.82) is 0 Å². The van der Waals surface area contributed by atoms with Crippen molar-refractivity contribution in [3.05, 3.63) is 0 Å². The Kier molecular flexibility index (Phi) is 4.30. The van der Waals surface area contributed by atoms with Gasteiger partial charge in [-0.2, -0.15) is 0 Å². The van der Waals surface area contributed by atoms with Gasteiger partial charge in [0.25, 0.3) is 0 Å². The number of amides is 2. The van der Waals surface area contributed by atoms with Gasteiger partial charge in [-0.1, -0.05) is 6.92 Å². The molecule has 0 aromatic rings. The standard InChI is InChI=1S/C11H20N2O3S/c1-5-11(3)10(15)13(6-7-17(4)16)8(2)9(14)12-11/h8H,5-7H2,1-4H3,(H,12,14). The second-order valence-corrected chi connectivity index (χ2v) is 6.18. The van der Waals surface area contributed by atoms with Crippen LogP contribution in [0, 0.1) is 0 Å². The van der Waals surface area contributed by atoms with E-state index in [2.05, 4.69) is 5.32 Å². The van der Waals surface area contributed by atoms with Crippen molar-refractivity contribution in [2.45, 2.75) is 38.8 Å². The lowest BCUT2D eigenvalue weighted by Crippen LogP contribution is -2.68. The molecule has 1 aliphatic heterocycles. The Bertz CT molecular complexity index is 359. The number of nitrogens with zero attached hydrogens (tertiary/aromatic N) is 1. The molecule has 1 fully saturated rings. The van der Waals surface area contributed by atoms with E-state index < -0.39 is 22.4 Å². The molecule has 0 spiro atoms. The van der Waals surface area contributed by atoms with Crippen LogP contribution in [0.5, 0.6) is 0 Å². The Morgan fingerprint density at radius 3 is 2.53 bits per heavy atom. The summed E-state index contributed by atoms with van der Waals surface area (Å²) in [6.07, 6.45) is 2.15. The smallest absolute Gasteiger partial charge is 0.248 e. The summed E-state index contributed by atoms with van der Waals surface area (Å²) in [5, 5.41) is 2.75. The molecular weight excluding hydrogens is 240 g/mol. The predicted octanol–water partition coefficient (Wildman–Crippen LogP) is -0.119. The third-order valence-electron chi connectivity index (χ3n) is 3.31. The van der Waals surface area contributed by atoms with Crippen LogP contribution in [0.4, 0.5) is 0 Å². The van der Waals surface area contributed by atoms with Gasteiger partial charge in [0.15, 0.2) is 0 Å². The van der Waals surface area contributed by atoms with E-state index in [-0.39, 0.29) is 11.8 Å². The Balaban J connectivity index is 2.88. The monoisotopic (exact) mass is 260 g/mol. The molecule has 0 aliphatic carbocycles. The Labute approximate surface area is 104 Å². The summed E-state index contributed by atoms with van der Waals surface area (Å²) in [6.45, 7) is 5.66. The molecule has 1 aliphatic rings. The van der Waals surface area contributed by atoms with Gasteiger partial charge in [-0.25, -0.2) is 0 Å². The SMILES string of the molecule is CCC1(C)NC(=O)C(C)N(CCS(C)=O)C1=O. The second kappa shape index (κ2) is 5.16. The van der Waals surface area contributed by atoms with Crippen LogP contribution in [0.25, 0.3) is 0 Å². The summed E-state index contributed by atoms with van der Waals surface area (Å²) in [7, 11) is -0.961. The average Bonchev–Trinajstić information content (AvgIpc) is 2.26. The summed E-state index contributed by atoms with van der Waals surface area (Å²) in [5.74, 6) is 0.178. The lowest BCUT2D eigenvalue weighted by Gasteiger charge is -2.42. The van der Waals surface area contributed by atoms with Crippen molar-refractivity contribution in [3.63, 3.8) is 0 Å². The van der Waals surface area contributed by atoms with Gasteiger partial charge in [0.1, 0.15) is 11.6 Å². The molecule has 1 heterocycles. The van der Waals surface area contributed by atoms with E-state index in [1.807, 2.05) is 6.92 Å². The number of rotatable bonds is 4. The molecule has 17 heavy (non-hydrogen) atoms. The number of hydrogen-bond donors (Lipinski definition) is 1. The maximum Gasteiger partial charge on any atom is 0.248 e. The Morgan fingerprint density at radius 2 is 2.06 bits per heavy atom. The average molecular weight is 260 g/mol. The van der Waals surface area contributed by atoms with Crippen LogP contribution in [-0.4, -0.2) is 51.1 Å². The number of carbonyl (C=O) groups excluding carboxylic acids is 2. The molecule has 2 amide bonds. The van der Waals surface area contributed by atoms with Gasteiger partial charge in [0, 0.05) is 29.4 Å². The number of carbonyl (C=O) groups is 2. The number of nitrogens with one attached hydrogen (secondary N) is 1. The lowest BCUT2D eigenvalue weighted by atomic mass is 9.92. The van der Waals surface area contributed by atoms with Crippen LogP contribution < -0.4 is 5.32 Å². The van der Waals surface area contributed by atoms with Gasteiger partial charge >= 0.3 is 0 Å². The molecule has 0 aromatic heterocycles. The molecule has 3 atom stereocenters. The van der Waals surface area contributed by atoms with E-state index in [1.165, 1.54) is 4.90 Å². The van der Waals surface area contributed by atoms with Gasteiger partial charge in [0.05, 0.1) is 0 Å². The topological polar surface area (TPSA) is 66.5 Å². The fourth-order valence-electron chi connectivity index (χ4n) is 1.83. The van der Waals surface area contributed by atoms with Gasteiger partial charge in [0.2, 0.25) is 11.8 Å². The van der Waals surface area contributed by atoms with Crippen LogP contribution in [0.2, 0.25) is 0 Å². The molecule has 0 bridgehead atoms. The van der Waals surface area contributed by atoms with Crippen molar-refractivity contribution < 1.29 is 13.8 Å². The summed E-state index contributed by atoms with van der Waals surface area (Å²) < 4.78 is 11.1. The molecule has 3 unspecified atom stereocenters. The predicted molar refractivity (Wildman–Crippen MR) is 66.9 cm³/mol. The molecule has 1 N–H and O–H groups in total. The van der Waals surface area contributed by atoms with Gasteiger partial charge in [-0.15, -0.1) is 0 Å². The highest BCUT2D eigenvalue weighted by Gasteiger charge is 2.44. The highest BCUT2D eigenvalue weighted by Crippen LogP contribution is 2.20. The van der Waals surface area contributed by atoms with Crippen molar-refractivity contribution in [1.82, 2.24) is 10.2 Å². The zero-order valence-corrected chi connectivity index (χ0v) is 11.6. The molecule has 1 rings (SSSR count). The molecule has 0 aromatic carbocycles. The fraction of sp³-hybridized carbons (Fsp3) is 0.818. The molecular formula is C11H20N2O3S. The minimum Gasteiger partial charge on any atom is -0.340 e. The maximum absolute atomic E-state index is 12.3. The van der Waals surface area contributed by atoms with E-state index in [9.17, 15) is 13.8 Å². The Morgan fingerprint density at radius 1 is 1.47 bits per heavy atom. The van der Waals surface area contributed by atoms with E-state index >= 15 is 0 Å². The van der Waals surface area contributed by atoms with Crippen LogP contribution in [-0.2, 0) is 20.4 Å². The van der Waals surface area contributed by atoms with E-state index in [0.717, 1.165) is 0 Å². The maximum atomic E-state index is 12.3. The zero-order valence-electron chi connectivity index (χ0n) is 10.8. The first-order valence-corrected chi connectivity index (χ1v) is 7.47. The van der Waals surface area contributed by atoms with Gasteiger partial charge in [-0.3, -0.25) is 13.8 Å². The first-order valence-electron chi connectivity index (χ1n) is 5.75. The third kappa shape index (κ3) is 2.86. The molecule has 0 saturated carbocycles. The highest BCUT2D eigenvalue weighted by molar-refractivity contribution is 7.84. The number of hydrogen-bond acceptors (Lipinski definition) is 3. The van der Waals surface area contributed by atoms with Crippen molar-refractivity contribution in [3.8, 4) is 0 Å². The Hall–Kier alpha value is -0.910. The second-order valence-electron chi connectivity index (χ2n) is 4.63. The first-order chi connectivity index (χ1) is 7.81. The summed E-state index contributed by atoms with van der Waals surface area (Å²) in [5.41, 5.74) is -0.821. The quantitative estimate of drug-likeness (QED) is 0.766. The van der Waals surface area contributed by atoms with Crippen LogP contribution >= 0.6 is 0 Å². The summed E-state index contributed by atoms with van der Waals surface area (Å²) in [6, 6.07) is -0.481. The van der Waals surface area contributed by atoms with Gasteiger partial charge in [-0.05, 0) is 20.3 Å².